The summed E-state index contributed by atoms with van der Waals surface area (Å²) in [5, 5.41) is 8.91. The smallest absolute Gasteiger partial charge is 0.252 e. The number of nitrogens with one attached hydrogen (secondary N) is 1. The molecule has 1 amide bonds. The number of primary sulfonamides is 1. The van der Waals surface area contributed by atoms with Gasteiger partial charge in [-0.25, -0.2) is 13.6 Å². The highest BCUT2D eigenvalue weighted by molar-refractivity contribution is 7.89. The Hall–Kier alpha value is -2.64. The number of hydrogen-bond donors (Lipinski definition) is 2. The number of carbonyl (C=O) groups is 1. The first-order chi connectivity index (χ1) is 11.8. The zero-order chi connectivity index (χ0) is 18.2. The van der Waals surface area contributed by atoms with E-state index in [1.807, 2.05) is 30.3 Å². The van der Waals surface area contributed by atoms with Gasteiger partial charge >= 0.3 is 0 Å². The number of carbonyl (C=O) groups excluding carboxylic acids is 1. The molecule has 3 N–H and O–H groups in total. The van der Waals surface area contributed by atoms with Crippen molar-refractivity contribution >= 4 is 26.9 Å². The normalized spacial score (nSPS) is 12.9. The van der Waals surface area contributed by atoms with Crippen molar-refractivity contribution in [3.63, 3.8) is 0 Å². The number of fused-ring (bicyclic) bond motifs is 1. The maximum Gasteiger partial charge on any atom is 0.252 e. The Bertz CT molecular complexity index is 1020. The molecule has 0 bridgehead atoms. The number of hydrogen-bond acceptors (Lipinski definition) is 4. The molecule has 1 unspecified atom stereocenters. The number of aryl methyl sites for hydroxylation is 1. The van der Waals surface area contributed by atoms with Crippen LogP contribution >= 0.6 is 0 Å². The van der Waals surface area contributed by atoms with Crippen molar-refractivity contribution in [3.05, 3.63) is 65.4 Å². The van der Waals surface area contributed by atoms with Crippen molar-refractivity contribution in [2.75, 3.05) is 0 Å². The van der Waals surface area contributed by atoms with Gasteiger partial charge in [-0.1, -0.05) is 24.3 Å². The van der Waals surface area contributed by atoms with Gasteiger partial charge in [-0.05, 0) is 43.7 Å². The first kappa shape index (κ1) is 17.2. The summed E-state index contributed by atoms with van der Waals surface area (Å²) in [6, 6.07) is 13.3. The highest BCUT2D eigenvalue weighted by Gasteiger charge is 2.18. The fourth-order valence-electron chi connectivity index (χ4n) is 2.58. The van der Waals surface area contributed by atoms with Crippen molar-refractivity contribution in [3.8, 4) is 0 Å². The molecule has 1 aromatic heterocycles. The summed E-state index contributed by atoms with van der Waals surface area (Å²) in [6.45, 7) is 3.53. The third kappa shape index (κ3) is 3.57. The SMILES string of the molecule is Cc1ccc(S(N)(=O)=O)cc1C(=O)NC(C)c1cc2ccccc2o1. The van der Waals surface area contributed by atoms with E-state index in [0.717, 1.165) is 11.0 Å². The molecule has 0 aliphatic heterocycles. The molecule has 6 nitrogen and oxygen atoms in total. The van der Waals surface area contributed by atoms with E-state index < -0.39 is 15.9 Å². The van der Waals surface area contributed by atoms with Gasteiger partial charge < -0.3 is 9.73 Å². The fraction of sp³-hybridized carbons (Fsp3) is 0.167. The molecule has 2 aromatic carbocycles. The second-order valence-corrected chi connectivity index (χ2v) is 7.46. The number of rotatable bonds is 4. The van der Waals surface area contributed by atoms with E-state index in [0.29, 0.717) is 11.3 Å². The molecular formula is C18H18N2O4S. The molecule has 1 atom stereocenters. The van der Waals surface area contributed by atoms with Crippen LogP contribution in [0.15, 0.2) is 57.8 Å². The molecule has 0 saturated carbocycles. The van der Waals surface area contributed by atoms with Crippen LogP contribution in [-0.4, -0.2) is 14.3 Å². The zero-order valence-corrected chi connectivity index (χ0v) is 14.6. The Labute approximate surface area is 145 Å². The van der Waals surface area contributed by atoms with Crippen molar-refractivity contribution in [2.24, 2.45) is 5.14 Å². The summed E-state index contributed by atoms with van der Waals surface area (Å²) in [6.07, 6.45) is 0. The van der Waals surface area contributed by atoms with Crippen molar-refractivity contribution in [1.82, 2.24) is 5.32 Å². The minimum atomic E-state index is -3.87. The average molecular weight is 358 g/mol. The van der Waals surface area contributed by atoms with E-state index >= 15 is 0 Å². The van der Waals surface area contributed by atoms with E-state index in [1.54, 1.807) is 19.9 Å². The topological polar surface area (TPSA) is 102 Å². The number of benzene rings is 2. The molecule has 1 heterocycles. The van der Waals surface area contributed by atoms with Crippen LogP contribution in [-0.2, 0) is 10.0 Å². The van der Waals surface area contributed by atoms with Crippen LogP contribution in [0, 0.1) is 6.92 Å². The second kappa shape index (κ2) is 6.34. The summed E-state index contributed by atoms with van der Waals surface area (Å²) < 4.78 is 28.7. The van der Waals surface area contributed by atoms with Gasteiger partial charge in [0.1, 0.15) is 11.3 Å². The van der Waals surface area contributed by atoms with Crippen LogP contribution in [0.25, 0.3) is 11.0 Å². The van der Waals surface area contributed by atoms with Crippen LogP contribution in [0.5, 0.6) is 0 Å². The van der Waals surface area contributed by atoms with Gasteiger partial charge in [0.2, 0.25) is 10.0 Å². The summed E-state index contributed by atoms with van der Waals surface area (Å²) >= 11 is 0. The van der Waals surface area contributed by atoms with Gasteiger partial charge in [0.15, 0.2) is 0 Å². The Morgan fingerprint density at radius 1 is 1.16 bits per heavy atom. The average Bonchev–Trinajstić information content (AvgIpc) is 2.98. The Morgan fingerprint density at radius 2 is 1.88 bits per heavy atom. The molecule has 0 saturated heterocycles. The summed E-state index contributed by atoms with van der Waals surface area (Å²) in [4.78, 5) is 12.5. The number of furan rings is 1. The maximum atomic E-state index is 12.6. The van der Waals surface area contributed by atoms with Crippen LogP contribution in [0.2, 0.25) is 0 Å². The number of nitrogens with two attached hydrogens (primary N) is 1. The second-order valence-electron chi connectivity index (χ2n) is 5.90. The molecule has 0 radical (unpaired) electrons. The minimum absolute atomic E-state index is 0.0976. The van der Waals surface area contributed by atoms with E-state index in [2.05, 4.69) is 5.32 Å². The molecule has 3 aromatic rings. The molecule has 0 spiro atoms. The quantitative estimate of drug-likeness (QED) is 0.748. The maximum absolute atomic E-state index is 12.6. The van der Waals surface area contributed by atoms with Crippen molar-refractivity contribution < 1.29 is 17.6 Å². The van der Waals surface area contributed by atoms with Crippen molar-refractivity contribution in [1.29, 1.82) is 0 Å². The lowest BCUT2D eigenvalue weighted by atomic mass is 10.1. The molecule has 130 valence electrons. The lowest BCUT2D eigenvalue weighted by Gasteiger charge is -2.13. The first-order valence-electron chi connectivity index (χ1n) is 7.68. The van der Waals surface area contributed by atoms with E-state index in [4.69, 9.17) is 9.56 Å². The van der Waals surface area contributed by atoms with Crippen LogP contribution < -0.4 is 10.5 Å². The molecule has 7 heteroatoms. The molecule has 3 rings (SSSR count). The Balaban J connectivity index is 1.86. The minimum Gasteiger partial charge on any atom is -0.459 e. The van der Waals surface area contributed by atoms with Crippen molar-refractivity contribution in [2.45, 2.75) is 24.8 Å². The monoisotopic (exact) mass is 358 g/mol. The lowest BCUT2D eigenvalue weighted by Crippen LogP contribution is -2.27. The highest BCUT2D eigenvalue weighted by Crippen LogP contribution is 2.24. The molecule has 0 fully saturated rings. The standard InChI is InChI=1S/C18H18N2O4S/c1-11-7-8-14(25(19,22)23)10-15(11)18(21)20-12(2)17-9-13-5-3-4-6-16(13)24-17/h3-10,12H,1-2H3,(H,20,21)(H2,19,22,23). The summed E-state index contributed by atoms with van der Waals surface area (Å²) in [5.74, 6) is 0.228. The first-order valence-corrected chi connectivity index (χ1v) is 9.23. The Morgan fingerprint density at radius 3 is 2.56 bits per heavy atom. The number of amides is 1. The Kier molecular flexibility index (Phi) is 4.36. The number of para-hydroxylation sites is 1. The lowest BCUT2D eigenvalue weighted by molar-refractivity contribution is 0.0935. The van der Waals surface area contributed by atoms with Gasteiger partial charge in [0.25, 0.3) is 5.91 Å². The van der Waals surface area contributed by atoms with Crippen LogP contribution in [0.3, 0.4) is 0 Å². The number of sulfonamides is 1. The zero-order valence-electron chi connectivity index (χ0n) is 13.8. The fourth-order valence-corrected chi connectivity index (χ4v) is 3.12. The van der Waals surface area contributed by atoms with Crippen LogP contribution in [0.4, 0.5) is 0 Å². The molecule has 0 aliphatic carbocycles. The van der Waals surface area contributed by atoms with Crippen LogP contribution in [0.1, 0.15) is 34.6 Å². The predicted molar refractivity (Wildman–Crippen MR) is 94.6 cm³/mol. The summed E-state index contributed by atoms with van der Waals surface area (Å²) in [5.41, 5.74) is 1.65. The van der Waals surface area contributed by atoms with E-state index in [9.17, 15) is 13.2 Å². The van der Waals surface area contributed by atoms with E-state index in [1.165, 1.54) is 12.1 Å². The van der Waals surface area contributed by atoms with Gasteiger partial charge in [0, 0.05) is 10.9 Å². The summed E-state index contributed by atoms with van der Waals surface area (Å²) in [7, 11) is -3.87. The molecular weight excluding hydrogens is 340 g/mol. The highest BCUT2D eigenvalue weighted by atomic mass is 32.2. The third-order valence-corrected chi connectivity index (χ3v) is 4.91. The van der Waals surface area contributed by atoms with Gasteiger partial charge in [-0.15, -0.1) is 0 Å². The van der Waals surface area contributed by atoms with E-state index in [-0.39, 0.29) is 16.5 Å². The van der Waals surface area contributed by atoms with Gasteiger partial charge in [-0.3, -0.25) is 4.79 Å². The molecule has 0 aliphatic rings. The third-order valence-electron chi connectivity index (χ3n) is 4.00. The van der Waals surface area contributed by atoms with Gasteiger partial charge in [0.05, 0.1) is 10.9 Å². The predicted octanol–water partition coefficient (Wildman–Crippen LogP) is 2.88. The largest absolute Gasteiger partial charge is 0.459 e. The molecule has 25 heavy (non-hydrogen) atoms. The van der Waals surface area contributed by atoms with Gasteiger partial charge in [-0.2, -0.15) is 0 Å².